The van der Waals surface area contributed by atoms with Gasteiger partial charge in [0.1, 0.15) is 6.61 Å². The largest absolute Gasteiger partial charge is 0.478 e. The number of nitrogens with zero attached hydrogens (tertiary/aromatic N) is 1. The van der Waals surface area contributed by atoms with E-state index in [0.29, 0.717) is 6.54 Å². The first kappa shape index (κ1) is 18.3. The maximum atomic E-state index is 11.3. The molecule has 0 aliphatic heterocycles. The standard InChI is InChI=1S/C11H19NO4.ClH/c1-4-12(5-2)6-7-16-11(15)9(3)8-10(13)14;/h8H,4-7H2,1-3H3,(H,13,14);1H/b9-8+;. The zero-order chi connectivity index (χ0) is 12.6. The second kappa shape index (κ2) is 10.1. The summed E-state index contributed by atoms with van der Waals surface area (Å²) >= 11 is 0. The van der Waals surface area contributed by atoms with Gasteiger partial charge in [-0.25, -0.2) is 9.59 Å². The first-order chi connectivity index (χ1) is 7.51. The topological polar surface area (TPSA) is 66.8 Å². The first-order valence-corrected chi connectivity index (χ1v) is 5.31. The summed E-state index contributed by atoms with van der Waals surface area (Å²) < 4.78 is 4.93. The van der Waals surface area contributed by atoms with E-state index < -0.39 is 11.9 Å². The fourth-order valence-corrected chi connectivity index (χ4v) is 1.17. The van der Waals surface area contributed by atoms with Crippen molar-refractivity contribution in [2.45, 2.75) is 20.8 Å². The molecule has 0 rings (SSSR count). The smallest absolute Gasteiger partial charge is 0.334 e. The monoisotopic (exact) mass is 265 g/mol. The SMILES string of the molecule is CCN(CC)CCOC(=O)/C(C)=C/C(=O)O.Cl. The molecule has 0 atom stereocenters. The van der Waals surface area contributed by atoms with Crippen LogP contribution in [-0.2, 0) is 14.3 Å². The molecule has 0 saturated carbocycles. The summed E-state index contributed by atoms with van der Waals surface area (Å²) in [6.07, 6.45) is 0.847. The molecular weight excluding hydrogens is 246 g/mol. The molecule has 6 heteroatoms. The van der Waals surface area contributed by atoms with Gasteiger partial charge in [-0.2, -0.15) is 0 Å². The number of esters is 1. The Morgan fingerprint density at radius 2 is 1.82 bits per heavy atom. The lowest BCUT2D eigenvalue weighted by atomic mass is 10.3. The number of aliphatic carboxylic acids is 1. The molecular formula is C11H20ClNO4. The summed E-state index contributed by atoms with van der Waals surface area (Å²) in [6.45, 7) is 8.23. The third-order valence-electron chi connectivity index (χ3n) is 2.20. The van der Waals surface area contributed by atoms with Gasteiger partial charge in [-0.1, -0.05) is 13.8 Å². The van der Waals surface area contributed by atoms with Gasteiger partial charge >= 0.3 is 11.9 Å². The van der Waals surface area contributed by atoms with Gasteiger partial charge in [0.2, 0.25) is 0 Å². The Balaban J connectivity index is 0. The predicted molar refractivity (Wildman–Crippen MR) is 67.4 cm³/mol. The number of carbonyl (C=O) groups excluding carboxylic acids is 1. The van der Waals surface area contributed by atoms with E-state index in [1.807, 2.05) is 13.8 Å². The van der Waals surface area contributed by atoms with Crippen molar-refractivity contribution in [1.29, 1.82) is 0 Å². The lowest BCUT2D eigenvalue weighted by Crippen LogP contribution is -2.28. The molecule has 17 heavy (non-hydrogen) atoms. The van der Waals surface area contributed by atoms with Crippen LogP contribution in [0.4, 0.5) is 0 Å². The van der Waals surface area contributed by atoms with E-state index in [0.717, 1.165) is 19.2 Å². The molecule has 0 aliphatic carbocycles. The van der Waals surface area contributed by atoms with Crippen LogP contribution in [0.3, 0.4) is 0 Å². The molecule has 0 unspecified atom stereocenters. The molecule has 0 aromatic heterocycles. The molecule has 0 heterocycles. The third-order valence-corrected chi connectivity index (χ3v) is 2.20. The molecule has 0 bridgehead atoms. The van der Waals surface area contributed by atoms with Gasteiger partial charge < -0.3 is 14.7 Å². The molecule has 0 radical (unpaired) electrons. The highest BCUT2D eigenvalue weighted by Gasteiger charge is 2.08. The van der Waals surface area contributed by atoms with Crippen LogP contribution in [0.2, 0.25) is 0 Å². The highest BCUT2D eigenvalue weighted by molar-refractivity contribution is 5.95. The van der Waals surface area contributed by atoms with Gasteiger partial charge in [0.15, 0.2) is 0 Å². The quantitative estimate of drug-likeness (QED) is 0.556. The Bertz CT molecular complexity index is 275. The van der Waals surface area contributed by atoms with Gasteiger partial charge in [0.05, 0.1) is 0 Å². The highest BCUT2D eigenvalue weighted by atomic mass is 35.5. The number of ether oxygens (including phenoxy) is 1. The van der Waals surface area contributed by atoms with Gasteiger partial charge in [0, 0.05) is 18.2 Å². The number of carbonyl (C=O) groups is 2. The fourth-order valence-electron chi connectivity index (χ4n) is 1.17. The number of carboxylic acid groups (broad SMARTS) is 1. The van der Waals surface area contributed by atoms with Crippen LogP contribution < -0.4 is 0 Å². The van der Waals surface area contributed by atoms with Crippen molar-refractivity contribution < 1.29 is 19.4 Å². The van der Waals surface area contributed by atoms with Crippen LogP contribution >= 0.6 is 12.4 Å². The highest BCUT2D eigenvalue weighted by Crippen LogP contribution is 1.97. The van der Waals surface area contributed by atoms with Crippen molar-refractivity contribution in [3.05, 3.63) is 11.6 Å². The third kappa shape index (κ3) is 8.71. The first-order valence-electron chi connectivity index (χ1n) is 5.31. The molecule has 0 amide bonds. The van der Waals surface area contributed by atoms with Gasteiger partial charge in [-0.3, -0.25) is 0 Å². The summed E-state index contributed by atoms with van der Waals surface area (Å²) in [6, 6.07) is 0. The van der Waals surface area contributed by atoms with Crippen LogP contribution in [0.5, 0.6) is 0 Å². The lowest BCUT2D eigenvalue weighted by Gasteiger charge is -2.17. The minimum absolute atomic E-state index is 0. The Morgan fingerprint density at radius 3 is 2.24 bits per heavy atom. The average Bonchev–Trinajstić information content (AvgIpc) is 2.23. The van der Waals surface area contributed by atoms with Crippen LogP contribution in [-0.4, -0.2) is 48.2 Å². The van der Waals surface area contributed by atoms with Crippen LogP contribution in [0.15, 0.2) is 11.6 Å². The molecule has 0 aromatic rings. The second-order valence-electron chi connectivity index (χ2n) is 3.33. The van der Waals surface area contributed by atoms with Gasteiger partial charge in [-0.15, -0.1) is 12.4 Å². The van der Waals surface area contributed by atoms with E-state index in [1.54, 1.807) is 0 Å². The van der Waals surface area contributed by atoms with Crippen LogP contribution in [0, 0.1) is 0 Å². The van der Waals surface area contributed by atoms with Crippen molar-refractivity contribution in [2.75, 3.05) is 26.2 Å². The maximum absolute atomic E-state index is 11.3. The van der Waals surface area contributed by atoms with Crippen LogP contribution in [0.1, 0.15) is 20.8 Å². The number of hydrogen-bond acceptors (Lipinski definition) is 4. The number of rotatable bonds is 7. The van der Waals surface area contributed by atoms with Crippen molar-refractivity contribution in [2.24, 2.45) is 0 Å². The predicted octanol–water partition coefficient (Wildman–Crippen LogP) is 1.32. The summed E-state index contributed by atoms with van der Waals surface area (Å²) in [5.74, 6) is -1.72. The number of likely N-dealkylation sites (N-methyl/N-ethyl adjacent to an activating group) is 1. The summed E-state index contributed by atoms with van der Waals surface area (Å²) in [4.78, 5) is 23.7. The summed E-state index contributed by atoms with van der Waals surface area (Å²) in [5, 5.41) is 8.43. The second-order valence-corrected chi connectivity index (χ2v) is 3.33. The summed E-state index contributed by atoms with van der Waals surface area (Å²) in [7, 11) is 0. The average molecular weight is 266 g/mol. The number of carboxylic acids is 1. The Labute approximate surface area is 108 Å². The lowest BCUT2D eigenvalue weighted by molar-refractivity contribution is -0.140. The molecule has 0 spiro atoms. The molecule has 0 aliphatic rings. The molecule has 0 saturated heterocycles. The number of halogens is 1. The van der Waals surface area contributed by atoms with Crippen LogP contribution in [0.25, 0.3) is 0 Å². The van der Waals surface area contributed by atoms with Crippen molar-refractivity contribution in [1.82, 2.24) is 4.90 Å². The zero-order valence-electron chi connectivity index (χ0n) is 10.4. The van der Waals surface area contributed by atoms with E-state index >= 15 is 0 Å². The molecule has 100 valence electrons. The number of hydrogen-bond donors (Lipinski definition) is 1. The maximum Gasteiger partial charge on any atom is 0.334 e. The van der Waals surface area contributed by atoms with E-state index in [1.165, 1.54) is 6.92 Å². The molecule has 1 N–H and O–H groups in total. The van der Waals surface area contributed by atoms with E-state index in [4.69, 9.17) is 9.84 Å². The molecule has 0 aromatic carbocycles. The fraction of sp³-hybridized carbons (Fsp3) is 0.636. The zero-order valence-corrected chi connectivity index (χ0v) is 11.2. The normalized spacial score (nSPS) is 10.9. The Hall–Kier alpha value is -1.07. The molecule has 5 nitrogen and oxygen atoms in total. The van der Waals surface area contributed by atoms with E-state index in [9.17, 15) is 9.59 Å². The molecule has 0 fully saturated rings. The van der Waals surface area contributed by atoms with Gasteiger partial charge in [-0.05, 0) is 20.0 Å². The Morgan fingerprint density at radius 1 is 1.29 bits per heavy atom. The minimum atomic E-state index is -1.14. The van der Waals surface area contributed by atoms with Gasteiger partial charge in [0.25, 0.3) is 0 Å². The van der Waals surface area contributed by atoms with E-state index in [2.05, 4.69) is 4.90 Å². The van der Waals surface area contributed by atoms with Crippen molar-refractivity contribution in [3.8, 4) is 0 Å². The summed E-state index contributed by atoms with van der Waals surface area (Å²) in [5.41, 5.74) is 0.104. The van der Waals surface area contributed by atoms with E-state index in [-0.39, 0.29) is 24.6 Å². The van der Waals surface area contributed by atoms with Crippen molar-refractivity contribution >= 4 is 24.3 Å². The minimum Gasteiger partial charge on any atom is -0.478 e. The van der Waals surface area contributed by atoms with Crippen molar-refractivity contribution in [3.63, 3.8) is 0 Å². The Kier molecular flexibility index (Phi) is 10.9.